The van der Waals surface area contributed by atoms with Crippen LogP contribution in [0, 0.1) is 6.92 Å². The van der Waals surface area contributed by atoms with Gasteiger partial charge in [-0.25, -0.2) is 4.98 Å². The molecule has 0 saturated heterocycles. The number of hydrogen-bond donors (Lipinski definition) is 2. The summed E-state index contributed by atoms with van der Waals surface area (Å²) in [6.45, 7) is 6.42. The number of carbonyl (C=O) groups is 2. The van der Waals surface area contributed by atoms with E-state index in [1.165, 1.54) is 23.1 Å². The van der Waals surface area contributed by atoms with E-state index in [9.17, 15) is 9.59 Å². The zero-order chi connectivity index (χ0) is 24.8. The lowest BCUT2D eigenvalue weighted by Gasteiger charge is -2.15. The summed E-state index contributed by atoms with van der Waals surface area (Å²) in [4.78, 5) is 29.7. The van der Waals surface area contributed by atoms with Gasteiger partial charge < -0.3 is 15.2 Å². The second-order valence-electron chi connectivity index (χ2n) is 7.89. The average Bonchev–Trinajstić information content (AvgIpc) is 3.50. The van der Waals surface area contributed by atoms with Crippen molar-refractivity contribution in [1.29, 1.82) is 0 Å². The summed E-state index contributed by atoms with van der Waals surface area (Å²) >= 11 is 2.69. The Balaban J connectivity index is 1.35. The summed E-state index contributed by atoms with van der Waals surface area (Å²) in [5.41, 5.74) is 3.46. The second kappa shape index (κ2) is 11.3. The van der Waals surface area contributed by atoms with E-state index in [4.69, 9.17) is 0 Å². The van der Waals surface area contributed by atoms with Crippen LogP contribution in [-0.4, -0.2) is 37.3 Å². The number of benzene rings is 2. The van der Waals surface area contributed by atoms with Gasteiger partial charge in [0.1, 0.15) is 0 Å². The summed E-state index contributed by atoms with van der Waals surface area (Å²) in [5.74, 6) is 0.474. The topological polar surface area (TPSA) is 102 Å². The predicted octanol–water partition coefficient (Wildman–Crippen LogP) is 4.95. The van der Waals surface area contributed by atoms with Gasteiger partial charge in [-0.3, -0.25) is 9.59 Å². The molecule has 0 fully saturated rings. The smallest absolute Gasteiger partial charge is 0.251 e. The first-order valence-electron chi connectivity index (χ1n) is 11.2. The van der Waals surface area contributed by atoms with Crippen LogP contribution in [-0.2, 0) is 11.3 Å². The molecule has 2 amide bonds. The Morgan fingerprint density at radius 1 is 1.11 bits per heavy atom. The van der Waals surface area contributed by atoms with Gasteiger partial charge in [0.2, 0.25) is 5.91 Å². The molecule has 0 bridgehead atoms. The van der Waals surface area contributed by atoms with Crippen LogP contribution in [0.2, 0.25) is 0 Å². The van der Waals surface area contributed by atoms with Crippen molar-refractivity contribution in [3.05, 3.63) is 76.9 Å². The van der Waals surface area contributed by atoms with Crippen LogP contribution in [0.1, 0.15) is 41.6 Å². The molecule has 0 aliphatic rings. The normalized spacial score (nSPS) is 11.7. The van der Waals surface area contributed by atoms with Crippen LogP contribution in [0.4, 0.5) is 5.13 Å². The van der Waals surface area contributed by atoms with Crippen LogP contribution in [0.25, 0.3) is 11.3 Å². The lowest BCUT2D eigenvalue weighted by molar-refractivity contribution is -0.113. The maximum Gasteiger partial charge on any atom is 0.251 e. The highest BCUT2D eigenvalue weighted by molar-refractivity contribution is 7.99. The number of rotatable bonds is 9. The van der Waals surface area contributed by atoms with Gasteiger partial charge >= 0.3 is 0 Å². The van der Waals surface area contributed by atoms with Gasteiger partial charge in [0.05, 0.1) is 17.5 Å². The third-order valence-corrected chi connectivity index (χ3v) is 6.95. The Morgan fingerprint density at radius 2 is 1.91 bits per heavy atom. The van der Waals surface area contributed by atoms with Gasteiger partial charge in [-0.05, 0) is 32.9 Å². The number of nitrogens with one attached hydrogen (secondary N) is 2. The molecule has 0 aliphatic carbocycles. The highest BCUT2D eigenvalue weighted by atomic mass is 32.2. The SMILES string of the molecule is CCn1c(SCC(=O)Nc2nc(-c3ccccc3)cs2)nnc1[C@@H](C)NC(=O)c1cccc(C)c1. The molecule has 0 unspecified atom stereocenters. The van der Waals surface area contributed by atoms with E-state index in [0.29, 0.717) is 28.2 Å². The number of hydrogen-bond acceptors (Lipinski definition) is 7. The van der Waals surface area contributed by atoms with Crippen LogP contribution in [0.15, 0.2) is 65.1 Å². The number of nitrogens with zero attached hydrogens (tertiary/aromatic N) is 4. The van der Waals surface area contributed by atoms with Crippen LogP contribution in [0.3, 0.4) is 0 Å². The van der Waals surface area contributed by atoms with Crippen LogP contribution in [0.5, 0.6) is 0 Å². The fourth-order valence-corrected chi connectivity index (χ4v) is 5.06. The molecular weight excluding hydrogens is 480 g/mol. The van der Waals surface area contributed by atoms with Crippen molar-refractivity contribution in [2.45, 2.75) is 38.5 Å². The molecule has 2 aromatic heterocycles. The number of amides is 2. The summed E-state index contributed by atoms with van der Waals surface area (Å²) < 4.78 is 1.91. The second-order valence-corrected chi connectivity index (χ2v) is 9.69. The van der Waals surface area contributed by atoms with Crippen molar-refractivity contribution >= 4 is 40.0 Å². The minimum atomic E-state index is -0.342. The van der Waals surface area contributed by atoms with Crippen LogP contribution < -0.4 is 10.6 Å². The third kappa shape index (κ3) is 6.14. The summed E-state index contributed by atoms with van der Waals surface area (Å²) in [6.07, 6.45) is 0. The largest absolute Gasteiger partial charge is 0.342 e. The van der Waals surface area contributed by atoms with Gasteiger partial charge in [-0.2, -0.15) is 0 Å². The van der Waals surface area contributed by atoms with E-state index in [1.807, 2.05) is 79.2 Å². The Morgan fingerprint density at radius 3 is 2.66 bits per heavy atom. The van der Waals surface area contributed by atoms with E-state index in [-0.39, 0.29) is 23.6 Å². The molecule has 2 N–H and O–H groups in total. The molecule has 2 heterocycles. The van der Waals surface area contributed by atoms with E-state index in [2.05, 4.69) is 25.8 Å². The number of aryl methyl sites for hydroxylation is 1. The van der Waals surface area contributed by atoms with Gasteiger partial charge in [0.15, 0.2) is 16.1 Å². The standard InChI is InChI=1S/C25H26N6O2S2/c1-4-31-22(17(3)26-23(33)19-12-8-9-16(2)13-19)29-30-25(31)35-15-21(32)28-24-27-20(14-34-24)18-10-6-5-7-11-18/h5-14,17H,4,15H2,1-3H3,(H,26,33)(H,27,28,32)/t17-/m1/s1. The molecule has 1 atom stereocenters. The first-order valence-corrected chi connectivity index (χ1v) is 13.1. The highest BCUT2D eigenvalue weighted by Gasteiger charge is 2.20. The fourth-order valence-electron chi connectivity index (χ4n) is 3.51. The maximum atomic E-state index is 12.6. The van der Waals surface area contributed by atoms with Crippen molar-refractivity contribution in [1.82, 2.24) is 25.1 Å². The molecule has 0 radical (unpaired) electrons. The fraction of sp³-hybridized carbons (Fsp3) is 0.240. The monoisotopic (exact) mass is 506 g/mol. The Bertz CT molecular complexity index is 1320. The van der Waals surface area contributed by atoms with Gasteiger partial charge in [-0.1, -0.05) is 59.8 Å². The summed E-state index contributed by atoms with van der Waals surface area (Å²) in [5, 5.41) is 17.5. The van der Waals surface area contributed by atoms with Crippen LogP contribution >= 0.6 is 23.1 Å². The number of anilines is 1. The molecule has 10 heteroatoms. The molecular formula is C25H26N6O2S2. The minimum absolute atomic E-state index is 0.168. The van der Waals surface area contributed by atoms with Gasteiger partial charge in [0.25, 0.3) is 5.91 Å². The van der Waals surface area contributed by atoms with E-state index in [1.54, 1.807) is 6.07 Å². The number of aromatic nitrogens is 4. The molecule has 4 rings (SSSR count). The Labute approximate surface area is 212 Å². The molecule has 4 aromatic rings. The number of carbonyl (C=O) groups excluding carboxylic acids is 2. The molecule has 2 aromatic carbocycles. The lowest BCUT2D eigenvalue weighted by atomic mass is 10.1. The van der Waals surface area contributed by atoms with Crippen molar-refractivity contribution in [3.8, 4) is 11.3 Å². The molecule has 180 valence electrons. The first kappa shape index (κ1) is 24.6. The average molecular weight is 507 g/mol. The molecule has 0 spiro atoms. The Kier molecular flexibility index (Phi) is 7.94. The summed E-state index contributed by atoms with van der Waals surface area (Å²) in [6, 6.07) is 16.9. The van der Waals surface area contributed by atoms with Crippen molar-refractivity contribution in [2.24, 2.45) is 0 Å². The van der Waals surface area contributed by atoms with E-state index < -0.39 is 0 Å². The minimum Gasteiger partial charge on any atom is -0.342 e. The number of thiazole rings is 1. The van der Waals surface area contributed by atoms with E-state index in [0.717, 1.165) is 16.8 Å². The zero-order valence-electron chi connectivity index (χ0n) is 19.7. The number of thioether (sulfide) groups is 1. The summed E-state index contributed by atoms with van der Waals surface area (Å²) in [7, 11) is 0. The predicted molar refractivity (Wildman–Crippen MR) is 140 cm³/mol. The molecule has 8 nitrogen and oxygen atoms in total. The van der Waals surface area contributed by atoms with Crippen molar-refractivity contribution in [3.63, 3.8) is 0 Å². The zero-order valence-corrected chi connectivity index (χ0v) is 21.3. The van der Waals surface area contributed by atoms with E-state index >= 15 is 0 Å². The quantitative estimate of drug-likeness (QED) is 0.312. The first-order chi connectivity index (χ1) is 16.9. The maximum absolute atomic E-state index is 12.6. The molecule has 35 heavy (non-hydrogen) atoms. The Hall–Kier alpha value is -3.50. The third-order valence-electron chi connectivity index (χ3n) is 5.23. The van der Waals surface area contributed by atoms with Gasteiger partial charge in [-0.15, -0.1) is 21.5 Å². The lowest BCUT2D eigenvalue weighted by Crippen LogP contribution is -2.28. The molecule has 0 aliphatic heterocycles. The van der Waals surface area contributed by atoms with Crippen molar-refractivity contribution in [2.75, 3.05) is 11.1 Å². The highest BCUT2D eigenvalue weighted by Crippen LogP contribution is 2.25. The molecule has 0 saturated carbocycles. The van der Waals surface area contributed by atoms with Gasteiger partial charge in [0, 0.05) is 23.1 Å². The van der Waals surface area contributed by atoms with Crippen molar-refractivity contribution < 1.29 is 9.59 Å².